The molecule has 0 radical (unpaired) electrons. The number of methoxy groups -OCH3 is 1. The van der Waals surface area contributed by atoms with E-state index in [1.807, 2.05) is 48.5 Å². The van der Waals surface area contributed by atoms with Gasteiger partial charge in [-0.2, -0.15) is 0 Å². The Bertz CT molecular complexity index is 661. The van der Waals surface area contributed by atoms with Crippen molar-refractivity contribution in [3.8, 4) is 5.75 Å². The Labute approximate surface area is 148 Å². The smallest absolute Gasteiger partial charge is 0.233 e. The highest BCUT2D eigenvalue weighted by Gasteiger charge is 2.03. The molecule has 0 unspecified atom stereocenters. The van der Waals surface area contributed by atoms with Gasteiger partial charge in [0.25, 0.3) is 0 Å². The highest BCUT2D eigenvalue weighted by molar-refractivity contribution is 6.30. The van der Waals surface area contributed by atoms with Crippen LogP contribution in [0.5, 0.6) is 5.75 Å². The lowest BCUT2D eigenvalue weighted by atomic mass is 10.1. The van der Waals surface area contributed by atoms with E-state index < -0.39 is 0 Å². The Morgan fingerprint density at radius 1 is 1.08 bits per heavy atom. The fourth-order valence-electron chi connectivity index (χ4n) is 2.44. The molecule has 2 aromatic rings. The quantitative estimate of drug-likeness (QED) is 0.686. The van der Waals surface area contributed by atoms with Crippen molar-refractivity contribution in [3.63, 3.8) is 0 Å². The minimum atomic E-state index is -0.00273. The van der Waals surface area contributed by atoms with Gasteiger partial charge in [0.05, 0.1) is 13.7 Å². The van der Waals surface area contributed by atoms with Gasteiger partial charge in [-0.15, -0.1) is 0 Å². The Morgan fingerprint density at radius 2 is 1.92 bits per heavy atom. The number of hydrogen-bond acceptors (Lipinski definition) is 3. The van der Waals surface area contributed by atoms with Gasteiger partial charge in [-0.3, -0.25) is 4.79 Å². The molecular weight excluding hydrogens is 324 g/mol. The highest BCUT2D eigenvalue weighted by Crippen LogP contribution is 2.17. The zero-order valence-electron chi connectivity index (χ0n) is 13.8. The first-order valence-electron chi connectivity index (χ1n) is 8.03. The van der Waals surface area contributed by atoms with Crippen LogP contribution in [0.25, 0.3) is 0 Å². The summed E-state index contributed by atoms with van der Waals surface area (Å²) in [5, 5.41) is 6.78. The molecule has 0 bridgehead atoms. The topological polar surface area (TPSA) is 50.4 Å². The fraction of sp³-hybridized carbons (Fsp3) is 0.316. The van der Waals surface area contributed by atoms with E-state index in [4.69, 9.17) is 16.3 Å². The van der Waals surface area contributed by atoms with E-state index in [-0.39, 0.29) is 5.91 Å². The summed E-state index contributed by atoms with van der Waals surface area (Å²) in [6.07, 6.45) is 1.59. The number of benzene rings is 2. The van der Waals surface area contributed by atoms with Crippen LogP contribution in [-0.4, -0.2) is 32.7 Å². The molecule has 0 aliphatic carbocycles. The molecule has 2 N–H and O–H groups in total. The number of rotatable bonds is 9. The number of halogens is 1. The van der Waals surface area contributed by atoms with Crippen LogP contribution >= 0.6 is 11.6 Å². The number of ether oxygens (including phenoxy) is 1. The maximum atomic E-state index is 11.8. The molecule has 0 heterocycles. The van der Waals surface area contributed by atoms with Crippen molar-refractivity contribution in [1.82, 2.24) is 10.6 Å². The zero-order chi connectivity index (χ0) is 17.2. The third-order valence-corrected chi connectivity index (χ3v) is 3.91. The van der Waals surface area contributed by atoms with Crippen molar-refractivity contribution in [3.05, 3.63) is 64.7 Å². The Kier molecular flexibility index (Phi) is 7.59. The van der Waals surface area contributed by atoms with Crippen molar-refractivity contribution in [1.29, 1.82) is 0 Å². The van der Waals surface area contributed by atoms with E-state index in [2.05, 4.69) is 10.6 Å². The van der Waals surface area contributed by atoms with Crippen LogP contribution in [0, 0.1) is 0 Å². The van der Waals surface area contributed by atoms with Gasteiger partial charge in [0.2, 0.25) is 5.91 Å². The van der Waals surface area contributed by atoms with Crippen LogP contribution in [0.15, 0.2) is 48.5 Å². The highest BCUT2D eigenvalue weighted by atomic mass is 35.5. The van der Waals surface area contributed by atoms with Gasteiger partial charge < -0.3 is 15.4 Å². The summed E-state index contributed by atoms with van der Waals surface area (Å²) in [7, 11) is 1.67. The molecule has 0 saturated heterocycles. The summed E-state index contributed by atoms with van der Waals surface area (Å²) < 4.78 is 5.31. The molecule has 0 aliphatic heterocycles. The lowest BCUT2D eigenvalue weighted by Gasteiger charge is -2.09. The molecule has 0 spiro atoms. The normalized spacial score (nSPS) is 10.4. The molecule has 0 saturated carbocycles. The third-order valence-electron chi connectivity index (χ3n) is 3.67. The van der Waals surface area contributed by atoms with Crippen LogP contribution in [0.4, 0.5) is 0 Å². The predicted octanol–water partition coefficient (Wildman–Crippen LogP) is 2.84. The second-order valence-corrected chi connectivity index (χ2v) is 5.90. The van der Waals surface area contributed by atoms with Gasteiger partial charge in [-0.25, -0.2) is 0 Å². The molecule has 0 aromatic heterocycles. The monoisotopic (exact) mass is 346 g/mol. The summed E-state index contributed by atoms with van der Waals surface area (Å²) in [6, 6.07) is 15.6. The third kappa shape index (κ3) is 6.22. The standard InChI is InChI=1S/C19H23ClN2O2/c1-24-18-8-3-2-6-16(18)10-11-21-14-19(23)22-12-9-15-5-4-7-17(20)13-15/h2-8,13,21H,9-12,14H2,1H3,(H,22,23). The second-order valence-electron chi connectivity index (χ2n) is 5.47. The van der Waals surface area contributed by atoms with Crippen LogP contribution in [0.1, 0.15) is 11.1 Å². The SMILES string of the molecule is COc1ccccc1CCNCC(=O)NCCc1cccc(Cl)c1. The summed E-state index contributed by atoms with van der Waals surface area (Å²) in [4.78, 5) is 11.8. The van der Waals surface area contributed by atoms with Crippen LogP contribution in [0.2, 0.25) is 5.02 Å². The molecule has 24 heavy (non-hydrogen) atoms. The summed E-state index contributed by atoms with van der Waals surface area (Å²) in [5.41, 5.74) is 2.25. The van der Waals surface area contributed by atoms with E-state index in [1.165, 1.54) is 0 Å². The Balaban J connectivity index is 1.61. The molecule has 128 valence electrons. The predicted molar refractivity (Wildman–Crippen MR) is 97.7 cm³/mol. The van der Waals surface area contributed by atoms with Crippen molar-refractivity contribution in [2.75, 3.05) is 26.7 Å². The summed E-state index contributed by atoms with van der Waals surface area (Å²) >= 11 is 5.94. The zero-order valence-corrected chi connectivity index (χ0v) is 14.6. The summed E-state index contributed by atoms with van der Waals surface area (Å²) in [5.74, 6) is 0.877. The number of carbonyl (C=O) groups is 1. The van der Waals surface area contributed by atoms with Crippen LogP contribution < -0.4 is 15.4 Å². The van der Waals surface area contributed by atoms with Gasteiger partial charge in [-0.05, 0) is 48.7 Å². The number of carbonyl (C=O) groups excluding carboxylic acids is 1. The average molecular weight is 347 g/mol. The van der Waals surface area contributed by atoms with Gasteiger partial charge >= 0.3 is 0 Å². The maximum absolute atomic E-state index is 11.8. The molecule has 0 fully saturated rings. The number of nitrogens with one attached hydrogen (secondary N) is 2. The van der Waals surface area contributed by atoms with Crippen LogP contribution in [0.3, 0.4) is 0 Å². The molecule has 4 nitrogen and oxygen atoms in total. The first-order valence-corrected chi connectivity index (χ1v) is 8.40. The molecule has 2 rings (SSSR count). The van der Waals surface area contributed by atoms with Gasteiger partial charge in [-0.1, -0.05) is 41.9 Å². The van der Waals surface area contributed by atoms with Crippen molar-refractivity contribution in [2.45, 2.75) is 12.8 Å². The minimum absolute atomic E-state index is 0.00273. The fourth-order valence-corrected chi connectivity index (χ4v) is 2.65. The van der Waals surface area contributed by atoms with Crippen molar-refractivity contribution < 1.29 is 9.53 Å². The van der Waals surface area contributed by atoms with Crippen LogP contribution in [-0.2, 0) is 17.6 Å². The van der Waals surface area contributed by atoms with E-state index in [0.29, 0.717) is 13.1 Å². The molecule has 1 amide bonds. The van der Waals surface area contributed by atoms with E-state index >= 15 is 0 Å². The molecule has 2 aromatic carbocycles. The largest absolute Gasteiger partial charge is 0.496 e. The molecule has 5 heteroatoms. The number of amides is 1. The summed E-state index contributed by atoms with van der Waals surface area (Å²) in [6.45, 7) is 1.64. The number of hydrogen-bond donors (Lipinski definition) is 2. The first kappa shape index (κ1) is 18.3. The maximum Gasteiger partial charge on any atom is 0.233 e. The molecule has 0 aliphatic rings. The van der Waals surface area contributed by atoms with Gasteiger partial charge in [0, 0.05) is 11.6 Å². The first-order chi connectivity index (χ1) is 11.7. The van der Waals surface area contributed by atoms with Crippen molar-refractivity contribution >= 4 is 17.5 Å². The number of para-hydroxylation sites is 1. The molecule has 0 atom stereocenters. The van der Waals surface area contributed by atoms with Crippen molar-refractivity contribution in [2.24, 2.45) is 0 Å². The lowest BCUT2D eigenvalue weighted by molar-refractivity contribution is -0.120. The van der Waals surface area contributed by atoms with E-state index in [0.717, 1.165) is 41.3 Å². The second kappa shape index (κ2) is 9.96. The van der Waals surface area contributed by atoms with Gasteiger partial charge in [0.1, 0.15) is 5.75 Å². The van der Waals surface area contributed by atoms with Gasteiger partial charge in [0.15, 0.2) is 0 Å². The minimum Gasteiger partial charge on any atom is -0.496 e. The van der Waals surface area contributed by atoms with E-state index in [1.54, 1.807) is 7.11 Å². The Morgan fingerprint density at radius 3 is 2.71 bits per heavy atom. The molecular formula is C19H23ClN2O2. The lowest BCUT2D eigenvalue weighted by Crippen LogP contribution is -2.35. The van der Waals surface area contributed by atoms with E-state index in [9.17, 15) is 4.79 Å². The Hall–Kier alpha value is -2.04. The average Bonchev–Trinajstić information content (AvgIpc) is 2.59.